The molecule has 0 radical (unpaired) electrons. The standard InChI is InChI=1S/C17H24ClN3O/c1-17(5-6-19-12-17)13-20-7-9-21(10-8-20)16(22)14-3-2-4-15(18)11-14/h2-4,11,19H,5-10,12-13H2,1H3. The first-order chi connectivity index (χ1) is 10.6. The monoisotopic (exact) mass is 321 g/mol. The molecule has 0 aromatic heterocycles. The molecule has 3 rings (SSSR count). The fraction of sp³-hybridized carbons (Fsp3) is 0.588. The van der Waals surface area contributed by atoms with E-state index in [-0.39, 0.29) is 5.91 Å². The lowest BCUT2D eigenvalue weighted by Gasteiger charge is -2.38. The van der Waals surface area contributed by atoms with Crippen molar-refractivity contribution < 1.29 is 4.79 Å². The number of benzene rings is 1. The number of carbonyl (C=O) groups excluding carboxylic acids is 1. The minimum absolute atomic E-state index is 0.0934. The van der Waals surface area contributed by atoms with Gasteiger partial charge in [-0.25, -0.2) is 0 Å². The first kappa shape index (κ1) is 15.8. The van der Waals surface area contributed by atoms with Crippen LogP contribution in [0.5, 0.6) is 0 Å². The van der Waals surface area contributed by atoms with Crippen molar-refractivity contribution in [3.63, 3.8) is 0 Å². The van der Waals surface area contributed by atoms with Gasteiger partial charge < -0.3 is 10.2 Å². The predicted molar refractivity (Wildman–Crippen MR) is 89.4 cm³/mol. The van der Waals surface area contributed by atoms with Crippen LogP contribution in [0.1, 0.15) is 23.7 Å². The summed E-state index contributed by atoms with van der Waals surface area (Å²) in [5, 5.41) is 4.07. The second kappa shape index (κ2) is 6.57. The van der Waals surface area contributed by atoms with Crippen LogP contribution in [-0.4, -0.2) is 61.5 Å². The minimum Gasteiger partial charge on any atom is -0.336 e. The topological polar surface area (TPSA) is 35.6 Å². The summed E-state index contributed by atoms with van der Waals surface area (Å²) in [4.78, 5) is 16.9. The van der Waals surface area contributed by atoms with Crippen molar-refractivity contribution >= 4 is 17.5 Å². The lowest BCUT2D eigenvalue weighted by molar-refractivity contribution is 0.0581. The summed E-state index contributed by atoms with van der Waals surface area (Å²) in [6, 6.07) is 7.22. The second-order valence-corrected chi connectivity index (χ2v) is 7.25. The van der Waals surface area contributed by atoms with E-state index in [2.05, 4.69) is 17.1 Å². The fourth-order valence-corrected chi connectivity index (χ4v) is 3.65. The highest BCUT2D eigenvalue weighted by atomic mass is 35.5. The van der Waals surface area contributed by atoms with E-state index in [1.165, 1.54) is 6.42 Å². The summed E-state index contributed by atoms with van der Waals surface area (Å²) in [5.74, 6) is 0.0934. The number of carbonyl (C=O) groups is 1. The average Bonchev–Trinajstić information content (AvgIpc) is 2.93. The zero-order chi connectivity index (χ0) is 15.6. The van der Waals surface area contributed by atoms with Crippen LogP contribution in [-0.2, 0) is 0 Å². The van der Waals surface area contributed by atoms with Crippen LogP contribution in [0.4, 0.5) is 0 Å². The molecule has 1 unspecified atom stereocenters. The minimum atomic E-state index is 0.0934. The molecule has 1 N–H and O–H groups in total. The van der Waals surface area contributed by atoms with Crippen molar-refractivity contribution in [1.82, 2.24) is 15.1 Å². The molecule has 1 aromatic rings. The van der Waals surface area contributed by atoms with E-state index in [1.54, 1.807) is 12.1 Å². The summed E-state index contributed by atoms with van der Waals surface area (Å²) >= 11 is 5.98. The van der Waals surface area contributed by atoms with E-state index >= 15 is 0 Å². The van der Waals surface area contributed by atoms with Gasteiger partial charge in [0.2, 0.25) is 0 Å². The van der Waals surface area contributed by atoms with Gasteiger partial charge in [0.25, 0.3) is 5.91 Å². The predicted octanol–water partition coefficient (Wildman–Crippen LogP) is 2.10. The maximum atomic E-state index is 12.5. The average molecular weight is 322 g/mol. The normalized spacial score (nSPS) is 26.4. The summed E-state index contributed by atoms with van der Waals surface area (Å²) in [6.07, 6.45) is 1.24. The van der Waals surface area contributed by atoms with Gasteiger partial charge in [0.1, 0.15) is 0 Å². The number of hydrogen-bond acceptors (Lipinski definition) is 3. The molecular weight excluding hydrogens is 298 g/mol. The molecule has 2 aliphatic rings. The van der Waals surface area contributed by atoms with E-state index < -0.39 is 0 Å². The number of nitrogens with one attached hydrogen (secondary N) is 1. The Bertz CT molecular complexity index is 534. The number of piperazine rings is 1. The molecule has 5 heteroatoms. The van der Waals surface area contributed by atoms with Crippen molar-refractivity contribution in [2.75, 3.05) is 45.8 Å². The van der Waals surface area contributed by atoms with Gasteiger partial charge in [0.15, 0.2) is 0 Å². The fourth-order valence-electron chi connectivity index (χ4n) is 3.46. The zero-order valence-electron chi connectivity index (χ0n) is 13.1. The third-order valence-corrected chi connectivity index (χ3v) is 5.03. The highest BCUT2D eigenvalue weighted by molar-refractivity contribution is 6.30. The van der Waals surface area contributed by atoms with Gasteiger partial charge in [0.05, 0.1) is 0 Å². The molecule has 1 aromatic carbocycles. The first-order valence-corrected chi connectivity index (χ1v) is 8.41. The van der Waals surface area contributed by atoms with Gasteiger partial charge in [-0.3, -0.25) is 9.69 Å². The molecule has 1 atom stereocenters. The second-order valence-electron chi connectivity index (χ2n) is 6.82. The van der Waals surface area contributed by atoms with E-state index in [4.69, 9.17) is 11.6 Å². The lowest BCUT2D eigenvalue weighted by atomic mass is 9.89. The Morgan fingerprint density at radius 2 is 2.09 bits per heavy atom. The molecule has 2 heterocycles. The van der Waals surface area contributed by atoms with E-state index in [9.17, 15) is 4.79 Å². The molecule has 22 heavy (non-hydrogen) atoms. The van der Waals surface area contributed by atoms with Gasteiger partial charge in [-0.15, -0.1) is 0 Å². The Morgan fingerprint density at radius 3 is 2.73 bits per heavy atom. The van der Waals surface area contributed by atoms with Crippen molar-refractivity contribution in [3.05, 3.63) is 34.9 Å². The van der Waals surface area contributed by atoms with Gasteiger partial charge in [-0.05, 0) is 36.6 Å². The van der Waals surface area contributed by atoms with E-state index in [0.717, 1.165) is 45.8 Å². The third kappa shape index (κ3) is 3.62. The highest BCUT2D eigenvalue weighted by Gasteiger charge is 2.32. The third-order valence-electron chi connectivity index (χ3n) is 4.79. The molecular formula is C17H24ClN3O. The first-order valence-electron chi connectivity index (χ1n) is 8.04. The van der Waals surface area contributed by atoms with Crippen LogP contribution in [0.15, 0.2) is 24.3 Å². The van der Waals surface area contributed by atoms with Gasteiger partial charge in [-0.1, -0.05) is 24.6 Å². The number of rotatable bonds is 3. The van der Waals surface area contributed by atoms with Crippen LogP contribution in [0, 0.1) is 5.41 Å². The maximum Gasteiger partial charge on any atom is 0.253 e. The van der Waals surface area contributed by atoms with Crippen molar-refractivity contribution in [2.45, 2.75) is 13.3 Å². The molecule has 120 valence electrons. The van der Waals surface area contributed by atoms with Gasteiger partial charge in [0, 0.05) is 49.9 Å². The lowest BCUT2D eigenvalue weighted by Crippen LogP contribution is -2.51. The van der Waals surface area contributed by atoms with E-state index in [1.807, 2.05) is 17.0 Å². The van der Waals surface area contributed by atoms with E-state index in [0.29, 0.717) is 16.0 Å². The SMILES string of the molecule is CC1(CN2CCN(C(=O)c3cccc(Cl)c3)CC2)CCNC1. The number of amides is 1. The molecule has 0 spiro atoms. The van der Waals surface area contributed by atoms with Gasteiger partial charge in [-0.2, -0.15) is 0 Å². The Labute approximate surface area is 137 Å². The van der Waals surface area contributed by atoms with Crippen LogP contribution in [0.3, 0.4) is 0 Å². The summed E-state index contributed by atoms with van der Waals surface area (Å²) in [5.41, 5.74) is 1.08. The molecule has 2 fully saturated rings. The largest absolute Gasteiger partial charge is 0.336 e. The van der Waals surface area contributed by atoms with Crippen molar-refractivity contribution in [3.8, 4) is 0 Å². The Kier molecular flexibility index (Phi) is 4.71. The highest BCUT2D eigenvalue weighted by Crippen LogP contribution is 2.26. The smallest absolute Gasteiger partial charge is 0.253 e. The van der Waals surface area contributed by atoms with Crippen LogP contribution >= 0.6 is 11.6 Å². The van der Waals surface area contributed by atoms with Gasteiger partial charge >= 0.3 is 0 Å². The quantitative estimate of drug-likeness (QED) is 0.926. The summed E-state index contributed by atoms with van der Waals surface area (Å²) in [7, 11) is 0. The summed E-state index contributed by atoms with van der Waals surface area (Å²) < 4.78 is 0. The molecule has 1 amide bonds. The molecule has 0 saturated carbocycles. The molecule has 2 saturated heterocycles. The molecule has 2 aliphatic heterocycles. The molecule has 4 nitrogen and oxygen atoms in total. The van der Waals surface area contributed by atoms with Crippen LogP contribution in [0.25, 0.3) is 0 Å². The van der Waals surface area contributed by atoms with Crippen molar-refractivity contribution in [2.24, 2.45) is 5.41 Å². The summed E-state index contributed by atoms with van der Waals surface area (Å²) in [6.45, 7) is 9.24. The number of halogens is 1. The molecule has 0 bridgehead atoms. The number of hydrogen-bond donors (Lipinski definition) is 1. The maximum absolute atomic E-state index is 12.5. The van der Waals surface area contributed by atoms with Crippen molar-refractivity contribution in [1.29, 1.82) is 0 Å². The molecule has 0 aliphatic carbocycles. The Hall–Kier alpha value is -1.10. The van der Waals surface area contributed by atoms with Crippen LogP contribution < -0.4 is 5.32 Å². The number of nitrogens with zero attached hydrogens (tertiary/aromatic N) is 2. The van der Waals surface area contributed by atoms with Crippen LogP contribution in [0.2, 0.25) is 5.02 Å². The Balaban J connectivity index is 1.54. The zero-order valence-corrected chi connectivity index (χ0v) is 13.9. The Morgan fingerprint density at radius 1 is 1.32 bits per heavy atom.